The molecule has 144 valence electrons. The molecule has 0 atom stereocenters. The third-order valence-corrected chi connectivity index (χ3v) is 6.35. The number of rotatable bonds is 0. The van der Waals surface area contributed by atoms with E-state index in [9.17, 15) is 0 Å². The van der Waals surface area contributed by atoms with E-state index in [1.54, 1.807) is 0 Å². The number of furan rings is 2. The molecule has 5 heteroatoms. The number of aromatic nitrogens is 3. The summed E-state index contributed by atoms with van der Waals surface area (Å²) in [5, 5.41) is 7.59. The molecule has 0 saturated heterocycles. The lowest BCUT2D eigenvalue weighted by molar-refractivity contribution is 0.663. The van der Waals surface area contributed by atoms with Crippen molar-refractivity contribution in [1.82, 2.24) is 14.4 Å². The van der Waals surface area contributed by atoms with Gasteiger partial charge in [0, 0.05) is 57.8 Å². The van der Waals surface area contributed by atoms with Crippen molar-refractivity contribution >= 4 is 71.2 Å². The Bertz CT molecular complexity index is 2010. The van der Waals surface area contributed by atoms with Gasteiger partial charge in [-0.25, -0.2) is 4.98 Å². The average Bonchev–Trinajstić information content (AvgIpc) is 3.52. The van der Waals surface area contributed by atoms with Crippen molar-refractivity contribution in [3.63, 3.8) is 0 Å². The fraction of sp³-hybridized carbons (Fsp3) is 0. The summed E-state index contributed by atoms with van der Waals surface area (Å²) in [6.07, 6.45) is 7.53. The van der Waals surface area contributed by atoms with E-state index in [2.05, 4.69) is 44.7 Å². The van der Waals surface area contributed by atoms with Gasteiger partial charge in [0.15, 0.2) is 0 Å². The predicted molar refractivity (Wildman–Crippen MR) is 123 cm³/mol. The van der Waals surface area contributed by atoms with Gasteiger partial charge in [0.2, 0.25) is 0 Å². The molecule has 8 rings (SSSR count). The van der Waals surface area contributed by atoms with Gasteiger partial charge in [0.05, 0.1) is 10.9 Å². The lowest BCUT2D eigenvalue weighted by Gasteiger charge is -2.07. The Morgan fingerprint density at radius 1 is 0.677 bits per heavy atom. The van der Waals surface area contributed by atoms with E-state index in [-0.39, 0.29) is 0 Å². The summed E-state index contributed by atoms with van der Waals surface area (Å²) in [6, 6.07) is 18.6. The predicted octanol–water partition coefficient (Wildman–Crippen LogP) is 6.83. The highest BCUT2D eigenvalue weighted by atomic mass is 16.3. The summed E-state index contributed by atoms with van der Waals surface area (Å²) >= 11 is 0. The van der Waals surface area contributed by atoms with Crippen LogP contribution in [0.3, 0.4) is 0 Å². The monoisotopic (exact) mass is 399 g/mol. The lowest BCUT2D eigenvalue weighted by atomic mass is 10.0. The third-order valence-electron chi connectivity index (χ3n) is 6.35. The molecule has 0 N–H and O–H groups in total. The zero-order valence-corrected chi connectivity index (χ0v) is 16.2. The minimum absolute atomic E-state index is 0.839. The molecule has 0 aliphatic heterocycles. The molecule has 31 heavy (non-hydrogen) atoms. The Morgan fingerprint density at radius 3 is 2.65 bits per heavy atom. The zero-order chi connectivity index (χ0) is 20.1. The quantitative estimate of drug-likeness (QED) is 0.262. The van der Waals surface area contributed by atoms with Crippen LogP contribution in [-0.4, -0.2) is 14.4 Å². The first-order valence-corrected chi connectivity index (χ1v) is 10.2. The maximum Gasteiger partial charge on any atom is 0.147 e. The first kappa shape index (κ1) is 15.5. The molecule has 0 aliphatic rings. The number of para-hydroxylation sites is 1. The molecule has 0 amide bonds. The Hall–Kier alpha value is -4.38. The van der Waals surface area contributed by atoms with Crippen LogP contribution in [-0.2, 0) is 0 Å². The Morgan fingerprint density at radius 2 is 1.65 bits per heavy atom. The summed E-state index contributed by atoms with van der Waals surface area (Å²) < 4.78 is 14.6. The van der Waals surface area contributed by atoms with E-state index in [4.69, 9.17) is 8.83 Å². The second-order valence-corrected chi connectivity index (χ2v) is 7.92. The van der Waals surface area contributed by atoms with Gasteiger partial charge in [-0.3, -0.25) is 9.38 Å². The normalized spacial score (nSPS) is 12.5. The first-order chi connectivity index (χ1) is 15.4. The van der Waals surface area contributed by atoms with Gasteiger partial charge in [-0.1, -0.05) is 18.2 Å². The highest BCUT2D eigenvalue weighted by Crippen LogP contribution is 2.41. The summed E-state index contributed by atoms with van der Waals surface area (Å²) in [4.78, 5) is 8.89. The molecule has 5 aromatic heterocycles. The topological polar surface area (TPSA) is 56.5 Å². The fourth-order valence-electron chi connectivity index (χ4n) is 5.00. The van der Waals surface area contributed by atoms with Crippen LogP contribution in [0.2, 0.25) is 0 Å². The number of pyridine rings is 2. The van der Waals surface area contributed by atoms with Crippen molar-refractivity contribution in [3.8, 4) is 0 Å². The van der Waals surface area contributed by atoms with Gasteiger partial charge >= 0.3 is 0 Å². The molecule has 0 saturated carbocycles. The van der Waals surface area contributed by atoms with Crippen molar-refractivity contribution in [1.29, 1.82) is 0 Å². The van der Waals surface area contributed by atoms with Gasteiger partial charge < -0.3 is 8.83 Å². The van der Waals surface area contributed by atoms with E-state index < -0.39 is 0 Å². The van der Waals surface area contributed by atoms with E-state index in [0.717, 1.165) is 71.2 Å². The highest BCUT2D eigenvalue weighted by Gasteiger charge is 2.18. The molecular formula is C26H13N3O2. The largest absolute Gasteiger partial charge is 0.456 e. The van der Waals surface area contributed by atoms with Crippen LogP contribution in [0, 0.1) is 0 Å². The number of hydrogen-bond acceptors (Lipinski definition) is 4. The molecule has 0 unspecified atom stereocenters. The maximum absolute atomic E-state index is 6.47. The molecular weight excluding hydrogens is 386 g/mol. The number of nitrogens with zero attached hydrogens (tertiary/aromatic N) is 3. The summed E-state index contributed by atoms with van der Waals surface area (Å²) in [5.41, 5.74) is 5.38. The number of hydrogen-bond donors (Lipinski definition) is 0. The smallest absolute Gasteiger partial charge is 0.147 e. The van der Waals surface area contributed by atoms with E-state index >= 15 is 0 Å². The molecule has 8 aromatic rings. The minimum Gasteiger partial charge on any atom is -0.456 e. The van der Waals surface area contributed by atoms with E-state index in [0.29, 0.717) is 0 Å². The number of fused-ring (bicyclic) bond motifs is 13. The van der Waals surface area contributed by atoms with Gasteiger partial charge in [-0.05, 0) is 35.7 Å². The van der Waals surface area contributed by atoms with Crippen LogP contribution in [0.25, 0.3) is 71.2 Å². The van der Waals surface area contributed by atoms with Crippen molar-refractivity contribution < 1.29 is 8.83 Å². The standard InChI is InChI=1S/C26H13N3O2/c1-2-4-21-16(3-1)24-22(30-21)6-5-15-18-11-17-14-7-8-27-13-19(14)26-28-9-10-29(26)20(17)12-23(18)31-25(15)24/h1-13H. The molecule has 5 nitrogen and oxygen atoms in total. The Labute approximate surface area is 174 Å². The lowest BCUT2D eigenvalue weighted by Crippen LogP contribution is -1.91. The van der Waals surface area contributed by atoms with Gasteiger partial charge in [-0.2, -0.15) is 0 Å². The molecule has 0 aliphatic carbocycles. The maximum atomic E-state index is 6.47. The second-order valence-electron chi connectivity index (χ2n) is 7.92. The summed E-state index contributed by atoms with van der Waals surface area (Å²) in [6.45, 7) is 0. The highest BCUT2D eigenvalue weighted by molar-refractivity contribution is 6.24. The second kappa shape index (κ2) is 5.21. The number of benzene rings is 3. The zero-order valence-electron chi connectivity index (χ0n) is 16.2. The van der Waals surface area contributed by atoms with Crippen molar-refractivity contribution in [3.05, 3.63) is 79.4 Å². The Balaban J connectivity index is 1.63. The van der Waals surface area contributed by atoms with Crippen molar-refractivity contribution in [2.24, 2.45) is 0 Å². The fourth-order valence-corrected chi connectivity index (χ4v) is 5.00. The summed E-state index contributed by atoms with van der Waals surface area (Å²) in [7, 11) is 0. The molecule has 0 spiro atoms. The SMILES string of the molecule is c1ccc2c(c1)oc1ccc3c4cc5c6ccncc6c6nccn6c5cc4oc3c12. The number of imidazole rings is 1. The van der Waals surface area contributed by atoms with Gasteiger partial charge in [0.25, 0.3) is 0 Å². The van der Waals surface area contributed by atoms with Crippen LogP contribution in [0.4, 0.5) is 0 Å². The summed E-state index contributed by atoms with van der Waals surface area (Å²) in [5.74, 6) is 0. The van der Waals surface area contributed by atoms with E-state index in [1.165, 1.54) is 0 Å². The van der Waals surface area contributed by atoms with Gasteiger partial charge in [-0.15, -0.1) is 0 Å². The molecule has 5 heterocycles. The van der Waals surface area contributed by atoms with Crippen LogP contribution in [0.15, 0.2) is 88.2 Å². The van der Waals surface area contributed by atoms with Crippen molar-refractivity contribution in [2.75, 3.05) is 0 Å². The van der Waals surface area contributed by atoms with Crippen LogP contribution < -0.4 is 0 Å². The molecule has 0 radical (unpaired) electrons. The van der Waals surface area contributed by atoms with Crippen molar-refractivity contribution in [2.45, 2.75) is 0 Å². The van der Waals surface area contributed by atoms with Crippen LogP contribution >= 0.6 is 0 Å². The van der Waals surface area contributed by atoms with Gasteiger partial charge in [0.1, 0.15) is 28.0 Å². The average molecular weight is 399 g/mol. The van der Waals surface area contributed by atoms with Crippen LogP contribution in [0.5, 0.6) is 0 Å². The molecule has 0 bridgehead atoms. The Kier molecular flexibility index (Phi) is 2.60. The third kappa shape index (κ3) is 1.82. The first-order valence-electron chi connectivity index (χ1n) is 10.2. The minimum atomic E-state index is 0.839. The molecule has 0 fully saturated rings. The van der Waals surface area contributed by atoms with E-state index in [1.807, 2.05) is 49.1 Å². The molecule has 3 aromatic carbocycles. The van der Waals surface area contributed by atoms with Crippen LogP contribution in [0.1, 0.15) is 0 Å².